The van der Waals surface area contributed by atoms with Crippen LogP contribution in [-0.2, 0) is 6.54 Å². The average molecular weight is 386 g/mol. The minimum absolute atomic E-state index is 0.0389. The minimum Gasteiger partial charge on any atom is -0.383 e. The lowest BCUT2D eigenvalue weighted by atomic mass is 10.0. The van der Waals surface area contributed by atoms with Crippen LogP contribution in [0.3, 0.4) is 0 Å². The second-order valence-corrected chi connectivity index (χ2v) is 7.06. The summed E-state index contributed by atoms with van der Waals surface area (Å²) < 4.78 is 1.34. The summed E-state index contributed by atoms with van der Waals surface area (Å²) >= 11 is 0. The Morgan fingerprint density at radius 2 is 1.82 bits per heavy atom. The standard InChI is InChI=1S/C21H30N4O3/c1-5-7-12-24(20(27)16-11-9-10-14(3)15(16)4)17-18(22)25(13-8-6-2)21(28)23-19(17)26/h9-11H,5-8,12-13,22H2,1-4H3,(H,23,26,28). The number of carbonyl (C=O) groups excluding carboxylic acids is 1. The number of hydrogen-bond acceptors (Lipinski definition) is 4. The van der Waals surface area contributed by atoms with Crippen molar-refractivity contribution in [3.05, 3.63) is 55.7 Å². The number of carbonyl (C=O) groups is 1. The number of nitrogens with zero attached hydrogens (tertiary/aromatic N) is 2. The van der Waals surface area contributed by atoms with E-state index in [9.17, 15) is 14.4 Å². The molecule has 0 aliphatic rings. The molecule has 0 radical (unpaired) electrons. The van der Waals surface area contributed by atoms with Gasteiger partial charge in [0.2, 0.25) is 0 Å². The topological polar surface area (TPSA) is 101 Å². The fraction of sp³-hybridized carbons (Fsp3) is 0.476. The molecule has 0 unspecified atom stereocenters. The maximum atomic E-state index is 13.4. The fourth-order valence-electron chi connectivity index (χ4n) is 3.14. The first-order valence-corrected chi connectivity index (χ1v) is 9.84. The smallest absolute Gasteiger partial charge is 0.330 e. The first-order chi connectivity index (χ1) is 13.3. The van der Waals surface area contributed by atoms with E-state index in [1.54, 1.807) is 6.07 Å². The molecule has 1 amide bonds. The molecule has 7 nitrogen and oxygen atoms in total. The first-order valence-electron chi connectivity index (χ1n) is 9.84. The van der Waals surface area contributed by atoms with Crippen LogP contribution in [0, 0.1) is 13.8 Å². The van der Waals surface area contributed by atoms with Crippen molar-refractivity contribution in [1.29, 1.82) is 0 Å². The van der Waals surface area contributed by atoms with Crippen molar-refractivity contribution >= 4 is 17.4 Å². The van der Waals surface area contributed by atoms with Crippen molar-refractivity contribution in [2.24, 2.45) is 0 Å². The Labute approximate surface area is 165 Å². The Morgan fingerprint density at radius 1 is 1.14 bits per heavy atom. The third-order valence-electron chi connectivity index (χ3n) is 5.03. The van der Waals surface area contributed by atoms with Crippen LogP contribution >= 0.6 is 0 Å². The van der Waals surface area contributed by atoms with Gasteiger partial charge >= 0.3 is 5.69 Å². The molecule has 152 valence electrons. The molecular formula is C21H30N4O3. The molecular weight excluding hydrogens is 356 g/mol. The van der Waals surface area contributed by atoms with Gasteiger partial charge in [-0.15, -0.1) is 0 Å². The number of nitrogens with two attached hydrogens (primary N) is 1. The number of amides is 1. The number of rotatable bonds is 8. The predicted octanol–water partition coefficient (Wildman–Crippen LogP) is 2.98. The molecule has 0 saturated carbocycles. The van der Waals surface area contributed by atoms with Crippen LogP contribution in [0.4, 0.5) is 11.5 Å². The Kier molecular flexibility index (Phi) is 7.20. The first kappa shape index (κ1) is 21.5. The van der Waals surface area contributed by atoms with E-state index in [0.29, 0.717) is 25.1 Å². The van der Waals surface area contributed by atoms with Gasteiger partial charge in [0.15, 0.2) is 5.69 Å². The van der Waals surface area contributed by atoms with E-state index < -0.39 is 11.2 Å². The Bertz CT molecular complexity index is 959. The molecule has 7 heteroatoms. The van der Waals surface area contributed by atoms with Gasteiger partial charge in [-0.1, -0.05) is 38.8 Å². The molecule has 0 bridgehead atoms. The lowest BCUT2D eigenvalue weighted by Gasteiger charge is -2.25. The lowest BCUT2D eigenvalue weighted by Crippen LogP contribution is -2.42. The van der Waals surface area contributed by atoms with Gasteiger partial charge in [0.05, 0.1) is 0 Å². The van der Waals surface area contributed by atoms with Gasteiger partial charge in [0.1, 0.15) is 5.82 Å². The molecule has 2 rings (SSSR count). The molecule has 0 fully saturated rings. The van der Waals surface area contributed by atoms with Crippen LogP contribution in [0.2, 0.25) is 0 Å². The predicted molar refractivity (Wildman–Crippen MR) is 113 cm³/mol. The van der Waals surface area contributed by atoms with Gasteiger partial charge in [-0.25, -0.2) is 4.79 Å². The molecule has 0 aliphatic carbocycles. The van der Waals surface area contributed by atoms with Gasteiger partial charge < -0.3 is 10.6 Å². The number of aromatic nitrogens is 2. The van der Waals surface area contributed by atoms with Crippen LogP contribution in [0.15, 0.2) is 27.8 Å². The third-order valence-corrected chi connectivity index (χ3v) is 5.03. The fourth-order valence-corrected chi connectivity index (χ4v) is 3.14. The van der Waals surface area contributed by atoms with Crippen LogP contribution in [0.5, 0.6) is 0 Å². The molecule has 3 N–H and O–H groups in total. The van der Waals surface area contributed by atoms with Crippen molar-refractivity contribution in [3.8, 4) is 0 Å². The maximum absolute atomic E-state index is 13.4. The monoisotopic (exact) mass is 386 g/mol. The molecule has 1 aromatic heterocycles. The largest absolute Gasteiger partial charge is 0.383 e. The number of unbranched alkanes of at least 4 members (excludes halogenated alkanes) is 2. The number of aryl methyl sites for hydroxylation is 1. The highest BCUT2D eigenvalue weighted by atomic mass is 16.2. The van der Waals surface area contributed by atoms with Crippen LogP contribution in [0.1, 0.15) is 61.0 Å². The van der Waals surface area contributed by atoms with Crippen molar-refractivity contribution in [1.82, 2.24) is 9.55 Å². The highest BCUT2D eigenvalue weighted by molar-refractivity contribution is 6.08. The summed E-state index contributed by atoms with van der Waals surface area (Å²) in [6.07, 6.45) is 3.18. The zero-order valence-electron chi connectivity index (χ0n) is 17.2. The molecule has 1 aromatic carbocycles. The summed E-state index contributed by atoms with van der Waals surface area (Å²) in [5.74, 6) is -0.246. The summed E-state index contributed by atoms with van der Waals surface area (Å²) in [5.41, 5.74) is 7.49. The van der Waals surface area contributed by atoms with E-state index in [0.717, 1.165) is 30.4 Å². The van der Waals surface area contributed by atoms with Gasteiger partial charge in [-0.2, -0.15) is 0 Å². The second-order valence-electron chi connectivity index (χ2n) is 7.06. The number of hydrogen-bond donors (Lipinski definition) is 2. The van der Waals surface area contributed by atoms with E-state index in [1.807, 2.05) is 39.8 Å². The van der Waals surface area contributed by atoms with Crippen LogP contribution in [0.25, 0.3) is 0 Å². The Morgan fingerprint density at radius 3 is 2.46 bits per heavy atom. The number of anilines is 2. The number of H-pyrrole nitrogens is 1. The molecule has 0 atom stereocenters. The summed E-state index contributed by atoms with van der Waals surface area (Å²) in [5, 5.41) is 0. The highest BCUT2D eigenvalue weighted by Crippen LogP contribution is 2.23. The van der Waals surface area contributed by atoms with Crippen molar-refractivity contribution < 1.29 is 4.79 Å². The van der Waals surface area contributed by atoms with Gasteiger partial charge in [0.25, 0.3) is 11.5 Å². The SMILES string of the molecule is CCCCN(C(=O)c1cccc(C)c1C)c1c(N)n(CCCC)c(=O)[nH]c1=O. The second kappa shape index (κ2) is 9.39. The molecule has 0 aliphatic heterocycles. The van der Waals surface area contributed by atoms with Crippen LogP contribution in [-0.4, -0.2) is 22.0 Å². The van der Waals surface area contributed by atoms with E-state index in [2.05, 4.69) is 4.98 Å². The molecule has 0 saturated heterocycles. The Hall–Kier alpha value is -2.83. The van der Waals surface area contributed by atoms with Gasteiger partial charge in [0, 0.05) is 18.7 Å². The number of nitrogens with one attached hydrogen (secondary N) is 1. The van der Waals surface area contributed by atoms with E-state index in [-0.39, 0.29) is 17.4 Å². The summed E-state index contributed by atoms with van der Waals surface area (Å²) in [7, 11) is 0. The summed E-state index contributed by atoms with van der Waals surface area (Å²) in [6.45, 7) is 8.58. The number of aromatic amines is 1. The quantitative estimate of drug-likeness (QED) is 0.728. The lowest BCUT2D eigenvalue weighted by molar-refractivity contribution is 0.0985. The number of nitrogen functional groups attached to an aromatic ring is 1. The van der Waals surface area contributed by atoms with Crippen molar-refractivity contribution in [3.63, 3.8) is 0 Å². The average Bonchev–Trinajstić information content (AvgIpc) is 2.65. The zero-order chi connectivity index (χ0) is 20.8. The highest BCUT2D eigenvalue weighted by Gasteiger charge is 2.26. The van der Waals surface area contributed by atoms with Gasteiger partial charge in [-0.05, 0) is 43.9 Å². The molecule has 28 heavy (non-hydrogen) atoms. The molecule has 2 aromatic rings. The van der Waals surface area contributed by atoms with E-state index in [4.69, 9.17) is 5.73 Å². The minimum atomic E-state index is -0.634. The zero-order valence-corrected chi connectivity index (χ0v) is 17.2. The summed E-state index contributed by atoms with van der Waals surface area (Å²) in [4.78, 5) is 42.0. The van der Waals surface area contributed by atoms with Crippen molar-refractivity contribution in [2.45, 2.75) is 59.9 Å². The summed E-state index contributed by atoms with van der Waals surface area (Å²) in [6, 6.07) is 5.51. The third kappa shape index (κ3) is 4.35. The van der Waals surface area contributed by atoms with Crippen molar-refractivity contribution in [2.75, 3.05) is 17.2 Å². The van der Waals surface area contributed by atoms with Crippen LogP contribution < -0.4 is 21.9 Å². The Balaban J connectivity index is 2.63. The number of benzene rings is 1. The molecule has 0 spiro atoms. The van der Waals surface area contributed by atoms with E-state index in [1.165, 1.54) is 9.47 Å². The maximum Gasteiger partial charge on any atom is 0.330 e. The van der Waals surface area contributed by atoms with Gasteiger partial charge in [-0.3, -0.25) is 19.1 Å². The van der Waals surface area contributed by atoms with E-state index >= 15 is 0 Å². The normalized spacial score (nSPS) is 10.9. The molecule has 1 heterocycles.